The average Bonchev–Trinajstić information content (AvgIpc) is 2.04. The zero-order valence-electron chi connectivity index (χ0n) is 7.59. The first-order chi connectivity index (χ1) is 6.27. The van der Waals surface area contributed by atoms with E-state index >= 15 is 0 Å². The molecular weight excluding hydrogens is 165 g/mol. The molecule has 2 heteroatoms. The Morgan fingerprint density at radius 3 is 2.77 bits per heavy atom. The minimum absolute atomic E-state index is 0.196. The Bertz CT molecular complexity index is 305. The third-order valence-electron chi connectivity index (χ3n) is 2.56. The molecule has 0 atom stereocenters. The van der Waals surface area contributed by atoms with E-state index in [4.69, 9.17) is 0 Å². The first-order valence-corrected chi connectivity index (χ1v) is 4.59. The first-order valence-electron chi connectivity index (χ1n) is 4.59. The van der Waals surface area contributed by atoms with Gasteiger partial charge in [-0.2, -0.15) is 0 Å². The molecular formula is C11H13FN. The molecule has 0 aliphatic carbocycles. The summed E-state index contributed by atoms with van der Waals surface area (Å²) in [5.41, 5.74) is 1.56. The van der Waals surface area contributed by atoms with E-state index in [1.165, 1.54) is 12.5 Å². The van der Waals surface area contributed by atoms with E-state index in [9.17, 15) is 4.39 Å². The van der Waals surface area contributed by atoms with E-state index in [2.05, 4.69) is 11.8 Å². The van der Waals surface area contributed by atoms with Crippen molar-refractivity contribution in [2.24, 2.45) is 0 Å². The molecule has 1 nitrogen and oxygen atoms in total. The molecule has 1 aliphatic rings. The maximum atomic E-state index is 13.1. The first kappa shape index (κ1) is 8.70. The number of rotatable bonds is 2. The lowest BCUT2D eigenvalue weighted by Gasteiger charge is -2.31. The molecule has 0 unspecified atom stereocenters. The van der Waals surface area contributed by atoms with Gasteiger partial charge in [0.05, 0.1) is 0 Å². The molecule has 1 saturated heterocycles. The van der Waals surface area contributed by atoms with Gasteiger partial charge >= 0.3 is 0 Å². The molecule has 1 aromatic rings. The molecule has 0 saturated carbocycles. The highest BCUT2D eigenvalue weighted by Crippen LogP contribution is 2.17. The van der Waals surface area contributed by atoms with Crippen molar-refractivity contribution in [1.82, 2.24) is 4.90 Å². The predicted molar refractivity (Wildman–Crippen MR) is 50.8 cm³/mol. The van der Waals surface area contributed by atoms with Crippen LogP contribution in [0, 0.1) is 12.7 Å². The highest BCUT2D eigenvalue weighted by atomic mass is 19.1. The van der Waals surface area contributed by atoms with Gasteiger partial charge in [-0.15, -0.1) is 0 Å². The highest BCUT2D eigenvalue weighted by Gasteiger charge is 2.15. The van der Waals surface area contributed by atoms with Gasteiger partial charge in [0.25, 0.3) is 0 Å². The maximum Gasteiger partial charge on any atom is 0.126 e. The molecule has 0 aromatic heterocycles. The van der Waals surface area contributed by atoms with Crippen molar-refractivity contribution >= 4 is 0 Å². The monoisotopic (exact) mass is 178 g/mol. The number of likely N-dealkylation sites (tertiary alicyclic amines) is 1. The molecule has 13 heavy (non-hydrogen) atoms. The van der Waals surface area contributed by atoms with Gasteiger partial charge in [-0.05, 0) is 43.6 Å². The third-order valence-corrected chi connectivity index (χ3v) is 2.56. The van der Waals surface area contributed by atoms with Gasteiger partial charge in [-0.25, -0.2) is 4.39 Å². The quantitative estimate of drug-likeness (QED) is 0.671. The fourth-order valence-corrected chi connectivity index (χ4v) is 1.53. The van der Waals surface area contributed by atoms with Crippen LogP contribution in [-0.4, -0.2) is 18.0 Å². The van der Waals surface area contributed by atoms with Crippen molar-refractivity contribution in [2.75, 3.05) is 13.1 Å². The van der Waals surface area contributed by atoms with Gasteiger partial charge in [0.2, 0.25) is 0 Å². The van der Waals surface area contributed by atoms with Crippen LogP contribution in [0.25, 0.3) is 0 Å². The van der Waals surface area contributed by atoms with Crippen LogP contribution in [0.3, 0.4) is 0 Å². The fraction of sp³-hybridized carbons (Fsp3) is 0.364. The Hall–Kier alpha value is -0.890. The summed E-state index contributed by atoms with van der Waals surface area (Å²) in [4.78, 5) is 2.30. The number of benzene rings is 1. The van der Waals surface area contributed by atoms with Crippen LogP contribution in [0.1, 0.15) is 17.5 Å². The van der Waals surface area contributed by atoms with E-state index in [-0.39, 0.29) is 5.82 Å². The minimum atomic E-state index is -0.196. The molecule has 1 heterocycles. The zero-order chi connectivity index (χ0) is 9.26. The number of hydrogen-bond acceptors (Lipinski definition) is 1. The molecule has 0 spiro atoms. The Morgan fingerprint density at radius 1 is 1.38 bits per heavy atom. The van der Waals surface area contributed by atoms with Gasteiger partial charge < -0.3 is 0 Å². The Kier molecular flexibility index (Phi) is 2.32. The van der Waals surface area contributed by atoms with Crippen LogP contribution in [-0.2, 0) is 6.54 Å². The summed E-state index contributed by atoms with van der Waals surface area (Å²) in [5, 5.41) is 0. The van der Waals surface area contributed by atoms with Crippen LogP contribution >= 0.6 is 0 Å². The van der Waals surface area contributed by atoms with Crippen LogP contribution in [0.4, 0.5) is 4.39 Å². The van der Waals surface area contributed by atoms with E-state index in [0.29, 0.717) is 5.56 Å². The van der Waals surface area contributed by atoms with Crippen LogP contribution in [0.2, 0.25) is 0 Å². The van der Waals surface area contributed by atoms with Gasteiger partial charge in [0.15, 0.2) is 0 Å². The molecule has 1 aromatic carbocycles. The van der Waals surface area contributed by atoms with Gasteiger partial charge in [-0.1, -0.05) is 12.1 Å². The molecule has 1 fully saturated rings. The molecule has 1 aliphatic heterocycles. The Morgan fingerprint density at radius 2 is 2.15 bits per heavy atom. The second-order valence-corrected chi connectivity index (χ2v) is 3.51. The number of hydrogen-bond donors (Lipinski definition) is 0. The van der Waals surface area contributed by atoms with Gasteiger partial charge in [0, 0.05) is 6.54 Å². The normalized spacial score (nSPS) is 17.1. The summed E-state index contributed by atoms with van der Waals surface area (Å²) in [6, 6.07) is 5.16. The van der Waals surface area contributed by atoms with Crippen molar-refractivity contribution in [3.05, 3.63) is 42.1 Å². The Balaban J connectivity index is 2.14. The fourth-order valence-electron chi connectivity index (χ4n) is 1.53. The summed E-state index contributed by atoms with van der Waals surface area (Å²) in [6.07, 6.45) is 1.27. The van der Waals surface area contributed by atoms with Crippen molar-refractivity contribution in [2.45, 2.75) is 13.0 Å². The summed E-state index contributed by atoms with van der Waals surface area (Å²) in [5.74, 6) is -0.196. The Labute approximate surface area is 78.2 Å². The maximum absolute atomic E-state index is 13.1. The van der Waals surface area contributed by atoms with Crippen molar-refractivity contribution in [3.63, 3.8) is 0 Å². The zero-order valence-corrected chi connectivity index (χ0v) is 7.59. The second kappa shape index (κ2) is 3.46. The molecule has 0 N–H and O–H groups in total. The van der Waals surface area contributed by atoms with Gasteiger partial charge in [0.1, 0.15) is 5.82 Å². The molecule has 0 amide bonds. The van der Waals surface area contributed by atoms with Crippen molar-refractivity contribution in [3.8, 4) is 0 Å². The van der Waals surface area contributed by atoms with Crippen LogP contribution < -0.4 is 0 Å². The SMILES string of the molecule is [CH2]c1c(F)cccc1CN1CCC1. The number of nitrogens with zero attached hydrogens (tertiary/aromatic N) is 1. The van der Waals surface area contributed by atoms with Crippen molar-refractivity contribution < 1.29 is 4.39 Å². The largest absolute Gasteiger partial charge is 0.299 e. The summed E-state index contributed by atoms with van der Waals surface area (Å²) < 4.78 is 13.1. The van der Waals surface area contributed by atoms with E-state index in [1.807, 2.05) is 6.07 Å². The second-order valence-electron chi connectivity index (χ2n) is 3.51. The van der Waals surface area contributed by atoms with E-state index < -0.39 is 0 Å². The van der Waals surface area contributed by atoms with E-state index in [0.717, 1.165) is 25.2 Å². The summed E-state index contributed by atoms with van der Waals surface area (Å²) >= 11 is 0. The number of halogens is 1. The third kappa shape index (κ3) is 1.73. The lowest BCUT2D eigenvalue weighted by Crippen LogP contribution is -2.36. The van der Waals surface area contributed by atoms with Crippen molar-refractivity contribution in [1.29, 1.82) is 0 Å². The molecule has 0 bridgehead atoms. The smallest absolute Gasteiger partial charge is 0.126 e. The summed E-state index contributed by atoms with van der Waals surface area (Å²) in [7, 11) is 0. The van der Waals surface area contributed by atoms with Gasteiger partial charge in [-0.3, -0.25) is 4.90 Å². The lowest BCUT2D eigenvalue weighted by atomic mass is 10.1. The standard InChI is InChI=1S/C11H13FN/c1-9-10(4-2-5-11(9)12)8-13-6-3-7-13/h2,4-5H,1,3,6-8H2. The molecule has 69 valence electrons. The van der Waals surface area contributed by atoms with Crippen LogP contribution in [0.15, 0.2) is 18.2 Å². The predicted octanol–water partition coefficient (Wildman–Crippen LogP) is 2.21. The van der Waals surface area contributed by atoms with E-state index in [1.54, 1.807) is 6.07 Å². The highest BCUT2D eigenvalue weighted by molar-refractivity contribution is 5.30. The van der Waals surface area contributed by atoms with Crippen LogP contribution in [0.5, 0.6) is 0 Å². The molecule has 2 rings (SSSR count). The average molecular weight is 178 g/mol. The minimum Gasteiger partial charge on any atom is -0.299 e. The molecule has 1 radical (unpaired) electrons. The topological polar surface area (TPSA) is 3.24 Å². The lowest BCUT2D eigenvalue weighted by molar-refractivity contribution is 0.172. The summed E-state index contributed by atoms with van der Waals surface area (Å²) in [6.45, 7) is 6.84.